The quantitative estimate of drug-likeness (QED) is 0.685. The molecular weight excluding hydrogens is 288 g/mol. The average Bonchev–Trinajstić information content (AvgIpc) is 3.25. The Morgan fingerprint density at radius 1 is 1.48 bits per heavy atom. The molecule has 0 unspecified atom stereocenters. The van der Waals surface area contributed by atoms with Crippen molar-refractivity contribution in [2.75, 3.05) is 6.54 Å². The molecule has 3 aromatic heterocycles. The van der Waals surface area contributed by atoms with Gasteiger partial charge in [-0.1, -0.05) is 11.2 Å². The van der Waals surface area contributed by atoms with Crippen LogP contribution in [0, 0.1) is 0 Å². The van der Waals surface area contributed by atoms with Gasteiger partial charge in [-0.2, -0.15) is 5.10 Å². The molecule has 3 heterocycles. The Hall–Kier alpha value is -2.41. The number of nitrogens with zero attached hydrogens (tertiary/aromatic N) is 2. The maximum Gasteiger partial charge on any atom is 0.271 e. The molecule has 2 N–H and O–H groups in total. The van der Waals surface area contributed by atoms with Crippen LogP contribution in [0.2, 0.25) is 0 Å². The molecule has 0 atom stereocenters. The lowest BCUT2D eigenvalue weighted by Gasteiger charge is -2.01. The van der Waals surface area contributed by atoms with E-state index in [1.165, 1.54) is 0 Å². The van der Waals surface area contributed by atoms with Crippen molar-refractivity contribution in [2.45, 2.75) is 12.8 Å². The van der Waals surface area contributed by atoms with Crippen LogP contribution in [0.25, 0.3) is 10.6 Å². The molecule has 0 radical (unpaired) electrons. The molecule has 0 spiro atoms. The maximum absolute atomic E-state index is 12.0. The summed E-state index contributed by atoms with van der Waals surface area (Å²) < 4.78 is 4.75. The standard InChI is InChI=1S/C14H14N4O2S/c19-14(15-5-1-3-10-8-16-20-9-10)12-7-11(17-18-12)13-4-2-6-21-13/h2,4,6-9H,1,3,5H2,(H,15,19)(H,17,18). The third-order valence-electron chi connectivity index (χ3n) is 3.01. The first-order valence-corrected chi connectivity index (χ1v) is 7.46. The Labute approximate surface area is 125 Å². The first-order chi connectivity index (χ1) is 10.3. The second-order valence-corrected chi connectivity index (χ2v) is 5.48. The summed E-state index contributed by atoms with van der Waals surface area (Å²) in [5.41, 5.74) is 2.30. The molecule has 0 saturated carbocycles. The van der Waals surface area contributed by atoms with Crippen molar-refractivity contribution < 1.29 is 9.32 Å². The second-order valence-electron chi connectivity index (χ2n) is 4.54. The molecule has 6 nitrogen and oxygen atoms in total. The van der Waals surface area contributed by atoms with E-state index in [0.717, 1.165) is 29.0 Å². The molecule has 21 heavy (non-hydrogen) atoms. The summed E-state index contributed by atoms with van der Waals surface area (Å²) in [5.74, 6) is -0.167. The van der Waals surface area contributed by atoms with Crippen LogP contribution in [0.5, 0.6) is 0 Å². The Morgan fingerprint density at radius 3 is 3.19 bits per heavy atom. The van der Waals surface area contributed by atoms with E-state index in [-0.39, 0.29) is 5.91 Å². The first kappa shape index (κ1) is 13.6. The minimum absolute atomic E-state index is 0.167. The topological polar surface area (TPSA) is 83.8 Å². The van der Waals surface area contributed by atoms with Crippen molar-refractivity contribution in [3.8, 4) is 10.6 Å². The van der Waals surface area contributed by atoms with Gasteiger partial charge in [0.15, 0.2) is 5.69 Å². The van der Waals surface area contributed by atoms with Crippen molar-refractivity contribution in [3.63, 3.8) is 0 Å². The van der Waals surface area contributed by atoms with Crippen LogP contribution in [0.4, 0.5) is 0 Å². The van der Waals surface area contributed by atoms with Gasteiger partial charge in [-0.15, -0.1) is 11.3 Å². The molecule has 3 aromatic rings. The predicted octanol–water partition coefficient (Wildman–Crippen LogP) is 2.49. The number of thiophene rings is 1. The van der Waals surface area contributed by atoms with Gasteiger partial charge in [0, 0.05) is 12.1 Å². The average molecular weight is 302 g/mol. The lowest BCUT2D eigenvalue weighted by molar-refractivity contribution is 0.0948. The number of hydrogen-bond acceptors (Lipinski definition) is 5. The molecule has 0 bridgehead atoms. The zero-order valence-electron chi connectivity index (χ0n) is 11.2. The summed E-state index contributed by atoms with van der Waals surface area (Å²) >= 11 is 1.60. The van der Waals surface area contributed by atoms with Crippen LogP contribution in [0.1, 0.15) is 22.5 Å². The highest BCUT2D eigenvalue weighted by atomic mass is 32.1. The smallest absolute Gasteiger partial charge is 0.271 e. The second kappa shape index (κ2) is 6.36. The van der Waals surface area contributed by atoms with E-state index in [2.05, 4.69) is 20.7 Å². The van der Waals surface area contributed by atoms with Gasteiger partial charge in [0.1, 0.15) is 6.26 Å². The van der Waals surface area contributed by atoms with E-state index in [4.69, 9.17) is 4.52 Å². The van der Waals surface area contributed by atoms with E-state index >= 15 is 0 Å². The fourth-order valence-corrected chi connectivity index (χ4v) is 2.62. The minimum atomic E-state index is -0.167. The minimum Gasteiger partial charge on any atom is -0.364 e. The van der Waals surface area contributed by atoms with Gasteiger partial charge >= 0.3 is 0 Å². The van der Waals surface area contributed by atoms with Gasteiger partial charge in [0.2, 0.25) is 0 Å². The van der Waals surface area contributed by atoms with E-state index < -0.39 is 0 Å². The third kappa shape index (κ3) is 3.38. The number of aromatic amines is 1. The van der Waals surface area contributed by atoms with Crippen molar-refractivity contribution in [1.82, 2.24) is 20.7 Å². The number of rotatable bonds is 6. The van der Waals surface area contributed by atoms with E-state index in [9.17, 15) is 4.79 Å². The lowest BCUT2D eigenvalue weighted by Crippen LogP contribution is -2.25. The summed E-state index contributed by atoms with van der Waals surface area (Å²) in [6.07, 6.45) is 4.95. The normalized spacial score (nSPS) is 10.7. The summed E-state index contributed by atoms with van der Waals surface area (Å²) in [6, 6.07) is 5.71. The summed E-state index contributed by atoms with van der Waals surface area (Å²) in [5, 5.41) is 15.4. The summed E-state index contributed by atoms with van der Waals surface area (Å²) in [6.45, 7) is 0.589. The number of aromatic nitrogens is 3. The number of carbonyl (C=O) groups excluding carboxylic acids is 1. The Bertz CT molecular complexity index is 688. The molecule has 7 heteroatoms. The predicted molar refractivity (Wildman–Crippen MR) is 79.1 cm³/mol. The number of H-pyrrole nitrogens is 1. The van der Waals surface area contributed by atoms with Gasteiger partial charge in [-0.3, -0.25) is 9.89 Å². The van der Waals surface area contributed by atoms with E-state index in [0.29, 0.717) is 12.2 Å². The van der Waals surface area contributed by atoms with Crippen molar-refractivity contribution in [1.29, 1.82) is 0 Å². The van der Waals surface area contributed by atoms with Gasteiger partial charge < -0.3 is 9.84 Å². The molecular formula is C14H14N4O2S. The number of hydrogen-bond donors (Lipinski definition) is 2. The van der Waals surface area contributed by atoms with Crippen LogP contribution in [0.15, 0.2) is 40.6 Å². The summed E-state index contributed by atoms with van der Waals surface area (Å²) in [7, 11) is 0. The summed E-state index contributed by atoms with van der Waals surface area (Å²) in [4.78, 5) is 13.0. The van der Waals surface area contributed by atoms with Crippen molar-refractivity contribution >= 4 is 17.2 Å². The molecule has 1 amide bonds. The molecule has 3 rings (SSSR count). The number of nitrogens with one attached hydrogen (secondary N) is 2. The van der Waals surface area contributed by atoms with Gasteiger partial charge in [-0.25, -0.2) is 0 Å². The van der Waals surface area contributed by atoms with Gasteiger partial charge in [0.05, 0.1) is 16.8 Å². The van der Waals surface area contributed by atoms with Crippen LogP contribution >= 0.6 is 11.3 Å². The van der Waals surface area contributed by atoms with Gasteiger partial charge in [-0.05, 0) is 30.4 Å². The van der Waals surface area contributed by atoms with E-state index in [1.54, 1.807) is 29.9 Å². The molecule has 0 aliphatic rings. The highest BCUT2D eigenvalue weighted by molar-refractivity contribution is 7.13. The van der Waals surface area contributed by atoms with Crippen LogP contribution in [-0.2, 0) is 6.42 Å². The van der Waals surface area contributed by atoms with E-state index in [1.807, 2.05) is 17.5 Å². The lowest BCUT2D eigenvalue weighted by atomic mass is 10.2. The van der Waals surface area contributed by atoms with Crippen LogP contribution < -0.4 is 5.32 Å². The number of carbonyl (C=O) groups is 1. The number of aryl methyl sites for hydroxylation is 1. The van der Waals surface area contributed by atoms with Crippen molar-refractivity contribution in [3.05, 3.63) is 47.3 Å². The Kier molecular flexibility index (Phi) is 4.11. The molecule has 0 aliphatic heterocycles. The SMILES string of the molecule is O=C(NCCCc1cnoc1)c1cc(-c2cccs2)[nH]n1. The highest BCUT2D eigenvalue weighted by Crippen LogP contribution is 2.22. The molecule has 0 aliphatic carbocycles. The Balaban J connectivity index is 1.49. The fraction of sp³-hybridized carbons (Fsp3) is 0.214. The zero-order valence-corrected chi connectivity index (χ0v) is 12.0. The molecule has 0 fully saturated rings. The number of amides is 1. The van der Waals surface area contributed by atoms with Crippen LogP contribution in [0.3, 0.4) is 0 Å². The zero-order chi connectivity index (χ0) is 14.5. The Morgan fingerprint density at radius 2 is 2.43 bits per heavy atom. The van der Waals surface area contributed by atoms with Crippen LogP contribution in [-0.4, -0.2) is 27.8 Å². The van der Waals surface area contributed by atoms with Crippen molar-refractivity contribution in [2.24, 2.45) is 0 Å². The molecule has 108 valence electrons. The largest absolute Gasteiger partial charge is 0.364 e. The van der Waals surface area contributed by atoms with Gasteiger partial charge in [0.25, 0.3) is 5.91 Å². The maximum atomic E-state index is 12.0. The highest BCUT2D eigenvalue weighted by Gasteiger charge is 2.11. The first-order valence-electron chi connectivity index (χ1n) is 6.58. The molecule has 0 aromatic carbocycles. The molecule has 0 saturated heterocycles. The fourth-order valence-electron chi connectivity index (χ4n) is 1.93. The third-order valence-corrected chi connectivity index (χ3v) is 3.91. The monoisotopic (exact) mass is 302 g/mol.